The number of rotatable bonds is 3. The Bertz CT molecular complexity index is 470. The molecule has 19 heavy (non-hydrogen) atoms. The molecule has 102 valence electrons. The lowest BCUT2D eigenvalue weighted by atomic mass is 9.84. The minimum Gasteiger partial charge on any atom is -0.330 e. The molecule has 3 rings (SSSR count). The van der Waals surface area contributed by atoms with Gasteiger partial charge in [-0.25, -0.2) is 4.98 Å². The minimum absolute atomic E-state index is 0.0971. The Morgan fingerprint density at radius 3 is 2.79 bits per heavy atom. The van der Waals surface area contributed by atoms with E-state index in [9.17, 15) is 9.59 Å². The van der Waals surface area contributed by atoms with Crippen molar-refractivity contribution in [1.82, 2.24) is 9.88 Å². The molecule has 1 aliphatic heterocycles. The monoisotopic (exact) mass is 279 g/mol. The van der Waals surface area contributed by atoms with Crippen LogP contribution in [0.25, 0.3) is 0 Å². The SMILES string of the molecule is O=C(Nc1nccs1)C1CCCN1C(=O)C1CCC1. The summed E-state index contributed by atoms with van der Waals surface area (Å²) in [6, 6.07) is -0.308. The maximum Gasteiger partial charge on any atom is 0.248 e. The Morgan fingerprint density at radius 1 is 1.32 bits per heavy atom. The summed E-state index contributed by atoms with van der Waals surface area (Å²) in [5.74, 6) is 0.233. The van der Waals surface area contributed by atoms with Gasteiger partial charge in [-0.3, -0.25) is 9.59 Å². The number of carbonyl (C=O) groups excluding carboxylic acids is 2. The minimum atomic E-state index is -0.308. The number of aromatic nitrogens is 1. The number of likely N-dealkylation sites (tertiary alicyclic amines) is 1. The summed E-state index contributed by atoms with van der Waals surface area (Å²) in [5, 5.41) is 5.22. The van der Waals surface area contributed by atoms with E-state index in [1.807, 2.05) is 5.38 Å². The third-order valence-electron chi connectivity index (χ3n) is 3.96. The summed E-state index contributed by atoms with van der Waals surface area (Å²) < 4.78 is 0. The first-order chi connectivity index (χ1) is 9.25. The molecule has 5 nitrogen and oxygen atoms in total. The Balaban J connectivity index is 1.65. The van der Waals surface area contributed by atoms with Gasteiger partial charge in [0.2, 0.25) is 11.8 Å². The molecule has 6 heteroatoms. The van der Waals surface area contributed by atoms with Gasteiger partial charge in [0, 0.05) is 24.0 Å². The molecule has 2 heterocycles. The molecule has 2 amide bonds. The van der Waals surface area contributed by atoms with Crippen LogP contribution >= 0.6 is 11.3 Å². The number of nitrogens with one attached hydrogen (secondary N) is 1. The van der Waals surface area contributed by atoms with Crippen LogP contribution in [0, 0.1) is 5.92 Å². The molecule has 1 saturated carbocycles. The van der Waals surface area contributed by atoms with Gasteiger partial charge < -0.3 is 10.2 Å². The van der Waals surface area contributed by atoms with Gasteiger partial charge >= 0.3 is 0 Å². The van der Waals surface area contributed by atoms with Crippen LogP contribution in [0.5, 0.6) is 0 Å². The molecule has 2 aliphatic rings. The molecule has 1 atom stereocenters. The second-order valence-electron chi connectivity index (χ2n) is 5.14. The molecular weight excluding hydrogens is 262 g/mol. The van der Waals surface area contributed by atoms with Crippen molar-refractivity contribution in [2.75, 3.05) is 11.9 Å². The number of hydrogen-bond acceptors (Lipinski definition) is 4. The second kappa shape index (κ2) is 5.28. The summed E-state index contributed by atoms with van der Waals surface area (Å²) in [5.41, 5.74) is 0. The molecule has 0 radical (unpaired) electrons. The van der Waals surface area contributed by atoms with Crippen molar-refractivity contribution in [1.29, 1.82) is 0 Å². The Labute approximate surface area is 116 Å². The fraction of sp³-hybridized carbons (Fsp3) is 0.615. The number of amides is 2. The fourth-order valence-corrected chi connectivity index (χ4v) is 3.20. The molecule has 0 spiro atoms. The van der Waals surface area contributed by atoms with E-state index >= 15 is 0 Å². The van der Waals surface area contributed by atoms with Crippen molar-refractivity contribution in [2.45, 2.75) is 38.1 Å². The molecule has 1 aromatic heterocycles. The van der Waals surface area contributed by atoms with Gasteiger partial charge in [-0.05, 0) is 25.7 Å². The zero-order valence-corrected chi connectivity index (χ0v) is 11.5. The van der Waals surface area contributed by atoms with E-state index in [0.717, 1.165) is 32.1 Å². The quantitative estimate of drug-likeness (QED) is 0.918. The van der Waals surface area contributed by atoms with E-state index in [4.69, 9.17) is 0 Å². The van der Waals surface area contributed by atoms with Gasteiger partial charge in [0.05, 0.1) is 0 Å². The van der Waals surface area contributed by atoms with Crippen LogP contribution in [0.1, 0.15) is 32.1 Å². The third kappa shape index (κ3) is 2.49. The summed E-state index contributed by atoms with van der Waals surface area (Å²) in [6.45, 7) is 0.714. The summed E-state index contributed by atoms with van der Waals surface area (Å²) in [4.78, 5) is 30.3. The number of anilines is 1. The molecular formula is C13H17N3O2S. The van der Waals surface area contributed by atoms with Crippen LogP contribution in [0.2, 0.25) is 0 Å². The summed E-state index contributed by atoms with van der Waals surface area (Å²) in [6.07, 6.45) is 6.43. The maximum absolute atomic E-state index is 12.3. The summed E-state index contributed by atoms with van der Waals surface area (Å²) >= 11 is 1.40. The van der Waals surface area contributed by atoms with Crippen LogP contribution in [-0.4, -0.2) is 34.3 Å². The first-order valence-electron chi connectivity index (χ1n) is 6.76. The lowest BCUT2D eigenvalue weighted by Gasteiger charge is -2.32. The van der Waals surface area contributed by atoms with Gasteiger partial charge in [0.25, 0.3) is 0 Å². The number of thiazole rings is 1. The zero-order valence-electron chi connectivity index (χ0n) is 10.7. The molecule has 0 bridgehead atoms. The second-order valence-corrected chi connectivity index (χ2v) is 6.04. The lowest BCUT2D eigenvalue weighted by molar-refractivity contribution is -0.142. The zero-order chi connectivity index (χ0) is 13.2. The van der Waals surface area contributed by atoms with Crippen LogP contribution in [0.15, 0.2) is 11.6 Å². The average Bonchev–Trinajstić information content (AvgIpc) is 2.96. The predicted molar refractivity (Wildman–Crippen MR) is 72.8 cm³/mol. The fourth-order valence-electron chi connectivity index (χ4n) is 2.67. The first-order valence-corrected chi connectivity index (χ1v) is 7.64. The molecule has 1 unspecified atom stereocenters. The molecule has 1 N–H and O–H groups in total. The van der Waals surface area contributed by atoms with Crippen molar-refractivity contribution in [3.05, 3.63) is 11.6 Å². The topological polar surface area (TPSA) is 62.3 Å². The lowest BCUT2D eigenvalue weighted by Crippen LogP contribution is -2.46. The molecule has 1 aliphatic carbocycles. The van der Waals surface area contributed by atoms with E-state index < -0.39 is 0 Å². The van der Waals surface area contributed by atoms with Crippen LogP contribution in [-0.2, 0) is 9.59 Å². The Morgan fingerprint density at radius 2 is 2.16 bits per heavy atom. The van der Waals surface area contributed by atoms with E-state index in [2.05, 4.69) is 10.3 Å². The standard InChI is InChI=1S/C13H17N3O2S/c17-11(15-13-14-6-8-19-13)10-5-2-7-16(10)12(18)9-3-1-4-9/h6,8-10H,1-5,7H2,(H,14,15,17). The highest BCUT2D eigenvalue weighted by Crippen LogP contribution is 2.31. The highest BCUT2D eigenvalue weighted by Gasteiger charge is 2.38. The number of hydrogen-bond donors (Lipinski definition) is 1. The average molecular weight is 279 g/mol. The Hall–Kier alpha value is -1.43. The molecule has 1 aromatic rings. The van der Waals surface area contributed by atoms with Crippen LogP contribution in [0.3, 0.4) is 0 Å². The van der Waals surface area contributed by atoms with Crippen LogP contribution < -0.4 is 5.32 Å². The van der Waals surface area contributed by atoms with E-state index in [1.54, 1.807) is 11.1 Å². The maximum atomic E-state index is 12.3. The van der Waals surface area contributed by atoms with Crippen molar-refractivity contribution in [3.8, 4) is 0 Å². The molecule has 1 saturated heterocycles. The van der Waals surface area contributed by atoms with Gasteiger partial charge in [-0.15, -0.1) is 11.3 Å². The number of nitrogens with zero attached hydrogens (tertiary/aromatic N) is 2. The molecule has 0 aromatic carbocycles. The highest BCUT2D eigenvalue weighted by molar-refractivity contribution is 7.13. The van der Waals surface area contributed by atoms with Crippen molar-refractivity contribution < 1.29 is 9.59 Å². The normalized spacial score (nSPS) is 23.2. The van der Waals surface area contributed by atoms with Crippen molar-refractivity contribution in [3.63, 3.8) is 0 Å². The van der Waals surface area contributed by atoms with Gasteiger partial charge in [0.15, 0.2) is 5.13 Å². The van der Waals surface area contributed by atoms with E-state index in [1.165, 1.54) is 11.3 Å². The van der Waals surface area contributed by atoms with Crippen LogP contribution in [0.4, 0.5) is 5.13 Å². The van der Waals surface area contributed by atoms with E-state index in [0.29, 0.717) is 11.7 Å². The van der Waals surface area contributed by atoms with E-state index in [-0.39, 0.29) is 23.8 Å². The Kier molecular flexibility index (Phi) is 3.50. The van der Waals surface area contributed by atoms with Crippen molar-refractivity contribution in [2.24, 2.45) is 5.92 Å². The third-order valence-corrected chi connectivity index (χ3v) is 4.64. The smallest absolute Gasteiger partial charge is 0.248 e. The highest BCUT2D eigenvalue weighted by atomic mass is 32.1. The molecule has 2 fully saturated rings. The summed E-state index contributed by atoms with van der Waals surface area (Å²) in [7, 11) is 0. The number of carbonyl (C=O) groups is 2. The predicted octanol–water partition coefficient (Wildman–Crippen LogP) is 1.87. The first kappa shape index (κ1) is 12.6. The van der Waals surface area contributed by atoms with Gasteiger partial charge in [-0.1, -0.05) is 6.42 Å². The van der Waals surface area contributed by atoms with Gasteiger partial charge in [0.1, 0.15) is 6.04 Å². The van der Waals surface area contributed by atoms with Crippen molar-refractivity contribution >= 4 is 28.3 Å². The largest absolute Gasteiger partial charge is 0.330 e. The van der Waals surface area contributed by atoms with Gasteiger partial charge in [-0.2, -0.15) is 0 Å².